The van der Waals surface area contributed by atoms with Crippen molar-refractivity contribution in [2.75, 3.05) is 0 Å². The molecule has 4 heteroatoms. The summed E-state index contributed by atoms with van der Waals surface area (Å²) in [6.07, 6.45) is 7.41. The maximum absolute atomic E-state index is 9.04. The summed E-state index contributed by atoms with van der Waals surface area (Å²) in [5, 5.41) is 9.04. The van der Waals surface area contributed by atoms with Crippen LogP contribution in [-0.2, 0) is 6.42 Å². The molecule has 0 bridgehead atoms. The minimum absolute atomic E-state index is 0.615. The molecule has 4 nitrogen and oxygen atoms in total. The van der Waals surface area contributed by atoms with E-state index in [4.69, 9.17) is 9.68 Å². The lowest BCUT2D eigenvalue weighted by atomic mass is 9.97. The first-order valence-electron chi connectivity index (χ1n) is 6.17. The Hall–Kier alpha value is -2.93. The standard InChI is InChI=1S/C16H11N3O/c17-8-12-3-4-14(6-13-9-18-11-19-10-13)15(7-12)16-2-1-5-20-16/h1-5,7,9-11H,6H2. The Kier molecular flexibility index (Phi) is 3.25. The highest BCUT2D eigenvalue weighted by molar-refractivity contribution is 5.65. The molecule has 0 aliphatic carbocycles. The zero-order valence-electron chi connectivity index (χ0n) is 10.7. The number of nitrogens with zero attached hydrogens (tertiary/aromatic N) is 3. The second kappa shape index (κ2) is 5.37. The van der Waals surface area contributed by atoms with Crippen molar-refractivity contribution in [3.05, 3.63) is 72.0 Å². The van der Waals surface area contributed by atoms with E-state index in [2.05, 4.69) is 16.0 Å². The van der Waals surface area contributed by atoms with Gasteiger partial charge in [-0.05, 0) is 35.4 Å². The second-order valence-electron chi connectivity index (χ2n) is 4.38. The highest BCUT2D eigenvalue weighted by atomic mass is 16.3. The van der Waals surface area contributed by atoms with Gasteiger partial charge in [0.2, 0.25) is 0 Å². The van der Waals surface area contributed by atoms with Gasteiger partial charge in [0.05, 0.1) is 17.9 Å². The van der Waals surface area contributed by atoms with E-state index < -0.39 is 0 Å². The lowest BCUT2D eigenvalue weighted by molar-refractivity contribution is 0.581. The van der Waals surface area contributed by atoms with E-state index in [1.165, 1.54) is 6.33 Å². The predicted molar refractivity (Wildman–Crippen MR) is 73.7 cm³/mol. The molecule has 0 amide bonds. The van der Waals surface area contributed by atoms with Gasteiger partial charge in [0.15, 0.2) is 0 Å². The molecule has 3 aromatic rings. The molecule has 0 fully saturated rings. The van der Waals surface area contributed by atoms with Gasteiger partial charge >= 0.3 is 0 Å². The number of hydrogen-bond donors (Lipinski definition) is 0. The Morgan fingerprint density at radius 1 is 1.15 bits per heavy atom. The van der Waals surface area contributed by atoms with Crippen molar-refractivity contribution < 1.29 is 4.42 Å². The van der Waals surface area contributed by atoms with Crippen molar-refractivity contribution in [1.29, 1.82) is 5.26 Å². The Bertz CT molecular complexity index is 743. The summed E-state index contributed by atoms with van der Waals surface area (Å²) in [7, 11) is 0. The zero-order valence-corrected chi connectivity index (χ0v) is 10.7. The summed E-state index contributed by atoms with van der Waals surface area (Å²) < 4.78 is 5.46. The van der Waals surface area contributed by atoms with Crippen molar-refractivity contribution in [3.63, 3.8) is 0 Å². The quantitative estimate of drug-likeness (QED) is 0.726. The lowest BCUT2D eigenvalue weighted by Crippen LogP contribution is -1.94. The molecule has 3 rings (SSSR count). The lowest BCUT2D eigenvalue weighted by Gasteiger charge is -2.08. The van der Waals surface area contributed by atoms with Crippen LogP contribution in [0.3, 0.4) is 0 Å². The van der Waals surface area contributed by atoms with Gasteiger partial charge in [-0.3, -0.25) is 0 Å². The van der Waals surface area contributed by atoms with Gasteiger partial charge in [-0.1, -0.05) is 6.07 Å². The molecule has 0 unspecified atom stereocenters. The van der Waals surface area contributed by atoms with E-state index in [1.54, 1.807) is 18.7 Å². The van der Waals surface area contributed by atoms with Gasteiger partial charge in [0.25, 0.3) is 0 Å². The topological polar surface area (TPSA) is 62.7 Å². The minimum atomic E-state index is 0.615. The Morgan fingerprint density at radius 2 is 2.00 bits per heavy atom. The first kappa shape index (κ1) is 12.1. The van der Waals surface area contributed by atoms with Crippen LogP contribution in [0.1, 0.15) is 16.7 Å². The van der Waals surface area contributed by atoms with Crippen molar-refractivity contribution in [1.82, 2.24) is 9.97 Å². The molecule has 0 aliphatic rings. The van der Waals surface area contributed by atoms with Crippen molar-refractivity contribution >= 4 is 0 Å². The fourth-order valence-corrected chi connectivity index (χ4v) is 2.10. The fourth-order valence-electron chi connectivity index (χ4n) is 2.10. The summed E-state index contributed by atoms with van der Waals surface area (Å²) >= 11 is 0. The molecule has 2 aromatic heterocycles. The van der Waals surface area contributed by atoms with Crippen LogP contribution in [0.4, 0.5) is 0 Å². The van der Waals surface area contributed by atoms with Crippen LogP contribution in [0.15, 0.2) is 59.7 Å². The molecule has 0 aliphatic heterocycles. The number of aromatic nitrogens is 2. The van der Waals surface area contributed by atoms with Gasteiger partial charge in [-0.15, -0.1) is 0 Å². The smallest absolute Gasteiger partial charge is 0.134 e. The highest BCUT2D eigenvalue weighted by Gasteiger charge is 2.10. The molecule has 20 heavy (non-hydrogen) atoms. The van der Waals surface area contributed by atoms with Crippen LogP contribution in [0.25, 0.3) is 11.3 Å². The van der Waals surface area contributed by atoms with E-state index >= 15 is 0 Å². The number of furan rings is 1. The van der Waals surface area contributed by atoms with E-state index in [0.29, 0.717) is 12.0 Å². The molecule has 0 saturated heterocycles. The third-order valence-electron chi connectivity index (χ3n) is 3.03. The number of rotatable bonds is 3. The molecule has 0 spiro atoms. The summed E-state index contributed by atoms with van der Waals surface area (Å²) in [5.41, 5.74) is 3.64. The molecular weight excluding hydrogens is 250 g/mol. The SMILES string of the molecule is N#Cc1ccc(Cc2cncnc2)c(-c2ccco2)c1. The molecule has 96 valence electrons. The molecule has 1 aromatic carbocycles. The van der Waals surface area contributed by atoms with Crippen LogP contribution in [0.5, 0.6) is 0 Å². The monoisotopic (exact) mass is 261 g/mol. The van der Waals surface area contributed by atoms with Gasteiger partial charge in [-0.2, -0.15) is 5.26 Å². The van der Waals surface area contributed by atoms with Crippen molar-refractivity contribution in [2.45, 2.75) is 6.42 Å². The van der Waals surface area contributed by atoms with E-state index in [1.807, 2.05) is 30.3 Å². The summed E-state index contributed by atoms with van der Waals surface area (Å²) in [6.45, 7) is 0. The average molecular weight is 261 g/mol. The molecule has 0 N–H and O–H groups in total. The molecule has 0 saturated carbocycles. The van der Waals surface area contributed by atoms with Crippen LogP contribution in [0, 0.1) is 11.3 Å². The van der Waals surface area contributed by atoms with Crippen molar-refractivity contribution in [2.24, 2.45) is 0 Å². The Balaban J connectivity index is 2.04. The van der Waals surface area contributed by atoms with Crippen LogP contribution >= 0.6 is 0 Å². The molecular formula is C16H11N3O. The van der Waals surface area contributed by atoms with E-state index in [-0.39, 0.29) is 0 Å². The van der Waals surface area contributed by atoms with Gasteiger partial charge in [-0.25, -0.2) is 9.97 Å². The van der Waals surface area contributed by atoms with Gasteiger partial charge < -0.3 is 4.42 Å². The second-order valence-corrected chi connectivity index (χ2v) is 4.38. The van der Waals surface area contributed by atoms with Gasteiger partial charge in [0, 0.05) is 24.4 Å². The Morgan fingerprint density at radius 3 is 2.70 bits per heavy atom. The Labute approximate surface area is 116 Å². The highest BCUT2D eigenvalue weighted by Crippen LogP contribution is 2.27. The number of benzene rings is 1. The fraction of sp³-hybridized carbons (Fsp3) is 0.0625. The maximum atomic E-state index is 9.04. The number of hydrogen-bond acceptors (Lipinski definition) is 4. The molecule has 0 atom stereocenters. The third kappa shape index (κ3) is 2.43. The molecule has 0 radical (unpaired) electrons. The molecule has 2 heterocycles. The third-order valence-corrected chi connectivity index (χ3v) is 3.03. The maximum Gasteiger partial charge on any atom is 0.134 e. The van der Waals surface area contributed by atoms with Gasteiger partial charge in [0.1, 0.15) is 12.1 Å². The van der Waals surface area contributed by atoms with E-state index in [9.17, 15) is 0 Å². The first-order chi connectivity index (χ1) is 9.86. The summed E-state index contributed by atoms with van der Waals surface area (Å²) in [6, 6.07) is 11.5. The predicted octanol–water partition coefficient (Wildman–Crippen LogP) is 3.20. The zero-order chi connectivity index (χ0) is 13.8. The average Bonchev–Trinajstić information content (AvgIpc) is 3.03. The number of nitriles is 1. The van der Waals surface area contributed by atoms with E-state index in [0.717, 1.165) is 22.5 Å². The first-order valence-corrected chi connectivity index (χ1v) is 6.17. The minimum Gasteiger partial charge on any atom is -0.464 e. The van der Waals surface area contributed by atoms with Crippen molar-refractivity contribution in [3.8, 4) is 17.4 Å². The summed E-state index contributed by atoms with van der Waals surface area (Å²) in [4.78, 5) is 8.04. The van der Waals surface area contributed by atoms with Crippen LogP contribution < -0.4 is 0 Å². The van der Waals surface area contributed by atoms with Crippen LogP contribution in [-0.4, -0.2) is 9.97 Å². The van der Waals surface area contributed by atoms with Crippen LogP contribution in [0.2, 0.25) is 0 Å². The summed E-state index contributed by atoms with van der Waals surface area (Å²) in [5.74, 6) is 0.758. The normalized spacial score (nSPS) is 10.2. The largest absolute Gasteiger partial charge is 0.464 e.